The fourth-order valence-corrected chi connectivity index (χ4v) is 3.03. The van der Waals surface area contributed by atoms with Gasteiger partial charge in [-0.05, 0) is 11.6 Å². The van der Waals surface area contributed by atoms with Gasteiger partial charge in [0.2, 0.25) is 0 Å². The molecule has 1 aromatic carbocycles. The van der Waals surface area contributed by atoms with E-state index in [9.17, 15) is 10.4 Å². The van der Waals surface area contributed by atoms with Crippen LogP contribution in [0.2, 0.25) is 0 Å². The van der Waals surface area contributed by atoms with Crippen molar-refractivity contribution in [1.82, 2.24) is 0 Å². The maximum absolute atomic E-state index is 10.9. The SMILES string of the molecule is N#CC1(C2(O)CCOCC2)COc2ccccc2C1. The fourth-order valence-electron chi connectivity index (χ4n) is 3.03. The van der Waals surface area contributed by atoms with Crippen LogP contribution in [-0.4, -0.2) is 30.5 Å². The molecule has 0 amide bonds. The first-order valence-electron chi connectivity index (χ1n) is 6.61. The van der Waals surface area contributed by atoms with Crippen molar-refractivity contribution in [3.05, 3.63) is 29.8 Å². The Balaban J connectivity index is 1.96. The Bertz CT molecular complexity index is 516. The van der Waals surface area contributed by atoms with Crippen LogP contribution in [0.4, 0.5) is 0 Å². The van der Waals surface area contributed by atoms with Crippen LogP contribution in [0.3, 0.4) is 0 Å². The monoisotopic (exact) mass is 259 g/mol. The van der Waals surface area contributed by atoms with Crippen molar-refractivity contribution in [2.75, 3.05) is 19.8 Å². The van der Waals surface area contributed by atoms with Crippen LogP contribution < -0.4 is 4.74 Å². The van der Waals surface area contributed by atoms with E-state index in [-0.39, 0.29) is 6.61 Å². The highest BCUT2D eigenvalue weighted by molar-refractivity contribution is 5.38. The summed E-state index contributed by atoms with van der Waals surface area (Å²) in [4.78, 5) is 0. The molecule has 0 spiro atoms. The molecule has 0 radical (unpaired) electrons. The third-order valence-corrected chi connectivity index (χ3v) is 4.36. The second kappa shape index (κ2) is 4.52. The Labute approximate surface area is 112 Å². The van der Waals surface area contributed by atoms with Crippen LogP contribution in [0.1, 0.15) is 18.4 Å². The number of aliphatic hydroxyl groups is 1. The Morgan fingerprint density at radius 1 is 1.21 bits per heavy atom. The van der Waals surface area contributed by atoms with Gasteiger partial charge in [-0.25, -0.2) is 0 Å². The highest BCUT2D eigenvalue weighted by Crippen LogP contribution is 2.45. The third kappa shape index (κ3) is 1.90. The smallest absolute Gasteiger partial charge is 0.124 e. The summed E-state index contributed by atoms with van der Waals surface area (Å²) in [6.07, 6.45) is 1.52. The van der Waals surface area contributed by atoms with Gasteiger partial charge in [0.25, 0.3) is 0 Å². The van der Waals surface area contributed by atoms with Gasteiger partial charge in [-0.1, -0.05) is 18.2 Å². The lowest BCUT2D eigenvalue weighted by molar-refractivity contribution is -0.138. The number of ether oxygens (including phenoxy) is 2. The lowest BCUT2D eigenvalue weighted by Crippen LogP contribution is -2.56. The van der Waals surface area contributed by atoms with E-state index in [2.05, 4.69) is 6.07 Å². The number of para-hydroxylation sites is 1. The van der Waals surface area contributed by atoms with E-state index < -0.39 is 11.0 Å². The number of fused-ring (bicyclic) bond motifs is 1. The zero-order valence-electron chi connectivity index (χ0n) is 10.8. The number of rotatable bonds is 1. The summed E-state index contributed by atoms with van der Waals surface area (Å²) in [6.45, 7) is 1.25. The molecule has 0 aromatic heterocycles. The van der Waals surface area contributed by atoms with E-state index in [1.54, 1.807) is 0 Å². The Kier molecular flexibility index (Phi) is 2.96. The van der Waals surface area contributed by atoms with E-state index >= 15 is 0 Å². The van der Waals surface area contributed by atoms with Crippen LogP contribution in [0.5, 0.6) is 5.75 Å². The molecule has 2 aliphatic rings. The van der Waals surface area contributed by atoms with Crippen LogP contribution in [0.25, 0.3) is 0 Å². The van der Waals surface area contributed by atoms with E-state index in [0.717, 1.165) is 11.3 Å². The average Bonchev–Trinajstić information content (AvgIpc) is 2.47. The van der Waals surface area contributed by atoms with Crippen molar-refractivity contribution in [2.45, 2.75) is 24.9 Å². The van der Waals surface area contributed by atoms with Gasteiger partial charge in [0.05, 0.1) is 11.7 Å². The third-order valence-electron chi connectivity index (χ3n) is 4.36. The summed E-state index contributed by atoms with van der Waals surface area (Å²) >= 11 is 0. The van der Waals surface area contributed by atoms with Gasteiger partial charge in [-0.15, -0.1) is 0 Å². The average molecular weight is 259 g/mol. The Morgan fingerprint density at radius 2 is 1.95 bits per heavy atom. The molecule has 0 bridgehead atoms. The van der Waals surface area contributed by atoms with Crippen molar-refractivity contribution < 1.29 is 14.6 Å². The number of hydrogen-bond acceptors (Lipinski definition) is 4. The molecule has 2 heterocycles. The van der Waals surface area contributed by atoms with Gasteiger partial charge in [0.15, 0.2) is 0 Å². The van der Waals surface area contributed by atoms with Crippen molar-refractivity contribution in [3.63, 3.8) is 0 Å². The molecular weight excluding hydrogens is 242 g/mol. The molecule has 3 rings (SSSR count). The van der Waals surface area contributed by atoms with Crippen molar-refractivity contribution >= 4 is 0 Å². The minimum Gasteiger partial charge on any atom is -0.492 e. The number of hydrogen-bond donors (Lipinski definition) is 1. The maximum Gasteiger partial charge on any atom is 0.124 e. The quantitative estimate of drug-likeness (QED) is 0.833. The predicted molar refractivity (Wildman–Crippen MR) is 68.7 cm³/mol. The maximum atomic E-state index is 10.9. The summed E-state index contributed by atoms with van der Waals surface area (Å²) in [6, 6.07) is 10.1. The van der Waals surface area contributed by atoms with Crippen LogP contribution in [0.15, 0.2) is 24.3 Å². The van der Waals surface area contributed by atoms with Gasteiger partial charge >= 0.3 is 0 Å². The molecule has 1 atom stereocenters. The lowest BCUT2D eigenvalue weighted by Gasteiger charge is -2.46. The molecule has 1 N–H and O–H groups in total. The molecule has 1 unspecified atom stereocenters. The second-order valence-corrected chi connectivity index (χ2v) is 5.41. The minimum atomic E-state index is -1.02. The molecule has 4 heteroatoms. The number of nitriles is 1. The summed E-state index contributed by atoms with van der Waals surface area (Å²) in [5.41, 5.74) is -0.895. The predicted octanol–water partition coefficient (Wildman–Crippen LogP) is 1.67. The molecule has 1 aromatic rings. The first kappa shape index (κ1) is 12.5. The normalized spacial score (nSPS) is 28.8. The first-order chi connectivity index (χ1) is 9.19. The van der Waals surface area contributed by atoms with E-state index in [4.69, 9.17) is 9.47 Å². The van der Waals surface area contributed by atoms with Gasteiger partial charge in [0, 0.05) is 32.5 Å². The number of nitrogens with zero attached hydrogens (tertiary/aromatic N) is 1. The van der Waals surface area contributed by atoms with Crippen molar-refractivity contribution in [2.24, 2.45) is 5.41 Å². The van der Waals surface area contributed by atoms with Crippen molar-refractivity contribution in [1.29, 1.82) is 5.26 Å². The Morgan fingerprint density at radius 3 is 2.68 bits per heavy atom. The standard InChI is InChI=1S/C15H17NO3/c16-10-14(15(17)5-7-18-8-6-15)9-12-3-1-2-4-13(12)19-11-14/h1-4,17H,5-9,11H2. The lowest BCUT2D eigenvalue weighted by atomic mass is 9.65. The molecule has 1 fully saturated rings. The van der Waals surface area contributed by atoms with E-state index in [0.29, 0.717) is 32.5 Å². The zero-order chi connectivity index (χ0) is 13.3. The van der Waals surface area contributed by atoms with Gasteiger partial charge in [0.1, 0.15) is 17.8 Å². The summed E-state index contributed by atoms with van der Waals surface area (Å²) < 4.78 is 11.0. The fraction of sp³-hybridized carbons (Fsp3) is 0.533. The molecule has 100 valence electrons. The highest BCUT2D eigenvalue weighted by atomic mass is 16.5. The van der Waals surface area contributed by atoms with Crippen molar-refractivity contribution in [3.8, 4) is 11.8 Å². The summed E-state index contributed by atoms with van der Waals surface area (Å²) in [5.74, 6) is 0.823. The van der Waals surface area contributed by atoms with Crippen LogP contribution in [-0.2, 0) is 11.2 Å². The molecule has 0 saturated carbocycles. The molecule has 1 saturated heterocycles. The first-order valence-corrected chi connectivity index (χ1v) is 6.61. The van der Waals surface area contributed by atoms with E-state index in [1.807, 2.05) is 24.3 Å². The highest BCUT2D eigenvalue weighted by Gasteiger charge is 2.54. The van der Waals surface area contributed by atoms with Crippen LogP contribution in [0, 0.1) is 16.7 Å². The second-order valence-electron chi connectivity index (χ2n) is 5.41. The van der Waals surface area contributed by atoms with Crippen LogP contribution >= 0.6 is 0 Å². The number of benzene rings is 1. The minimum absolute atomic E-state index is 0.247. The van der Waals surface area contributed by atoms with Gasteiger partial charge < -0.3 is 14.6 Å². The summed E-state index contributed by atoms with van der Waals surface area (Å²) in [7, 11) is 0. The van der Waals surface area contributed by atoms with Gasteiger partial charge in [-0.3, -0.25) is 0 Å². The molecular formula is C15H17NO3. The topological polar surface area (TPSA) is 62.5 Å². The van der Waals surface area contributed by atoms with E-state index in [1.165, 1.54) is 0 Å². The van der Waals surface area contributed by atoms with Gasteiger partial charge in [-0.2, -0.15) is 5.26 Å². The zero-order valence-corrected chi connectivity index (χ0v) is 10.8. The molecule has 2 aliphatic heterocycles. The summed E-state index contributed by atoms with van der Waals surface area (Å²) in [5, 5.41) is 20.5. The molecule has 0 aliphatic carbocycles. The molecule has 4 nitrogen and oxygen atoms in total. The Hall–Kier alpha value is -1.57. The largest absolute Gasteiger partial charge is 0.492 e. The molecule has 19 heavy (non-hydrogen) atoms.